The molecule has 0 aromatic heterocycles. The van der Waals surface area contributed by atoms with Crippen molar-refractivity contribution in [3.05, 3.63) is 89.0 Å². The summed E-state index contributed by atoms with van der Waals surface area (Å²) in [5.41, 5.74) is 3.55. The van der Waals surface area contributed by atoms with Crippen LogP contribution >= 0.6 is 11.6 Å². The maximum Gasteiger partial charge on any atom is 0.240 e. The van der Waals surface area contributed by atoms with Crippen molar-refractivity contribution < 1.29 is 23.9 Å². The summed E-state index contributed by atoms with van der Waals surface area (Å²) in [5, 5.41) is 0.580. The van der Waals surface area contributed by atoms with E-state index in [9.17, 15) is 14.4 Å². The van der Waals surface area contributed by atoms with Gasteiger partial charge in [-0.15, -0.1) is 0 Å². The average Bonchev–Trinajstić information content (AvgIpc) is 3.57. The Morgan fingerprint density at radius 3 is 2.49 bits per heavy atom. The Balaban J connectivity index is 1.38. The third-order valence-corrected chi connectivity index (χ3v) is 7.99. The van der Waals surface area contributed by atoms with E-state index in [1.807, 2.05) is 36.1 Å². The van der Waals surface area contributed by atoms with Crippen molar-refractivity contribution in [2.75, 3.05) is 16.6 Å². The lowest BCUT2D eigenvalue weighted by Gasteiger charge is -2.38. The van der Waals surface area contributed by atoms with Gasteiger partial charge in [0.2, 0.25) is 18.6 Å². The molecule has 0 radical (unpaired) electrons. The van der Waals surface area contributed by atoms with Crippen LogP contribution in [0.5, 0.6) is 11.5 Å². The van der Waals surface area contributed by atoms with Crippen molar-refractivity contribution in [2.24, 2.45) is 11.8 Å². The number of hydrogen-bond acceptors (Lipinski definition) is 6. The highest BCUT2D eigenvalue weighted by molar-refractivity contribution is 6.31. The van der Waals surface area contributed by atoms with E-state index in [4.69, 9.17) is 21.1 Å². The minimum Gasteiger partial charge on any atom is -0.454 e. The van der Waals surface area contributed by atoms with Gasteiger partial charge in [0.1, 0.15) is 6.04 Å². The highest BCUT2D eigenvalue weighted by Gasteiger charge is 2.64. The van der Waals surface area contributed by atoms with E-state index < -0.39 is 23.9 Å². The van der Waals surface area contributed by atoms with Crippen LogP contribution in [0.2, 0.25) is 5.02 Å². The van der Waals surface area contributed by atoms with E-state index in [2.05, 4.69) is 0 Å². The third kappa shape index (κ3) is 3.10. The molecule has 184 valence electrons. The fourth-order valence-electron chi connectivity index (χ4n) is 6.17. The Hall–Kier alpha value is -4.10. The molecule has 0 spiro atoms. The van der Waals surface area contributed by atoms with Crippen LogP contribution < -0.4 is 19.3 Å². The first-order valence-electron chi connectivity index (χ1n) is 12.1. The van der Waals surface area contributed by atoms with Crippen molar-refractivity contribution in [3.8, 4) is 11.5 Å². The predicted octanol–water partition coefficient (Wildman–Crippen LogP) is 4.73. The number of amides is 2. The van der Waals surface area contributed by atoms with E-state index in [0.29, 0.717) is 27.8 Å². The number of allylic oxidation sites excluding steroid dienone is 1. The SMILES string of the molecule is CC1=C[C@H]2[C@@H]3C(=O)N(c4ccc5c(c4)OCO5)C(=O)[C@@H]3[C@H](C(=O)c3ccccc3)N2c2ccc(Cl)cc21. The smallest absolute Gasteiger partial charge is 0.240 e. The maximum absolute atomic E-state index is 14.0. The zero-order chi connectivity index (χ0) is 25.4. The molecular weight excluding hydrogens is 492 g/mol. The molecule has 7 nitrogen and oxygen atoms in total. The number of carbonyl (C=O) groups is 3. The number of hydrogen-bond donors (Lipinski definition) is 0. The number of Topliss-reactive ketones (excluding diaryl/α,β-unsaturated/α-hetero) is 1. The maximum atomic E-state index is 14.0. The quantitative estimate of drug-likeness (QED) is 0.373. The number of nitrogens with zero attached hydrogens (tertiary/aromatic N) is 2. The standard InChI is InChI=1S/C29H21ClN2O5/c1-15-11-21-24-25(29(35)31(28(24)34)18-8-10-22-23(13-18)37-14-36-22)26(27(33)16-5-3-2-4-6-16)32(21)20-9-7-17(30)12-19(15)20/h2-13,21,24-26H,14H2,1H3/t21-,24-,25-,26+/m0/s1. The van der Waals surface area contributed by atoms with Gasteiger partial charge in [-0.2, -0.15) is 0 Å². The van der Waals surface area contributed by atoms with Crippen molar-refractivity contribution in [2.45, 2.75) is 19.0 Å². The van der Waals surface area contributed by atoms with Gasteiger partial charge in [-0.1, -0.05) is 48.0 Å². The highest BCUT2D eigenvalue weighted by Crippen LogP contribution is 2.52. The Bertz CT molecular complexity index is 1530. The average molecular weight is 513 g/mol. The van der Waals surface area contributed by atoms with E-state index in [1.54, 1.807) is 48.5 Å². The summed E-state index contributed by atoms with van der Waals surface area (Å²) in [6.45, 7) is 2.05. The van der Waals surface area contributed by atoms with Gasteiger partial charge in [-0.05, 0) is 42.8 Å². The first-order chi connectivity index (χ1) is 17.9. The Kier molecular flexibility index (Phi) is 4.75. The van der Waals surface area contributed by atoms with Crippen molar-refractivity contribution in [1.29, 1.82) is 0 Å². The zero-order valence-electron chi connectivity index (χ0n) is 19.8. The molecule has 0 saturated carbocycles. The molecule has 4 atom stereocenters. The third-order valence-electron chi connectivity index (χ3n) is 7.75. The number of ketones is 1. The van der Waals surface area contributed by atoms with Crippen molar-refractivity contribution >= 4 is 46.1 Å². The van der Waals surface area contributed by atoms with Gasteiger partial charge >= 0.3 is 0 Å². The van der Waals surface area contributed by atoms with Gasteiger partial charge in [0, 0.05) is 27.9 Å². The molecule has 4 heterocycles. The largest absolute Gasteiger partial charge is 0.454 e. The van der Waals surface area contributed by atoms with E-state index >= 15 is 0 Å². The van der Waals surface area contributed by atoms with Crippen LogP contribution in [0.3, 0.4) is 0 Å². The summed E-state index contributed by atoms with van der Waals surface area (Å²) in [6.07, 6.45) is 1.99. The summed E-state index contributed by atoms with van der Waals surface area (Å²) in [6, 6.07) is 18.1. The Morgan fingerprint density at radius 1 is 0.919 bits per heavy atom. The number of ether oxygens (including phenoxy) is 2. The Morgan fingerprint density at radius 2 is 1.68 bits per heavy atom. The van der Waals surface area contributed by atoms with Gasteiger partial charge in [0.25, 0.3) is 0 Å². The summed E-state index contributed by atoms with van der Waals surface area (Å²) >= 11 is 6.30. The fourth-order valence-corrected chi connectivity index (χ4v) is 6.34. The topological polar surface area (TPSA) is 76.1 Å². The molecule has 3 aromatic carbocycles. The molecule has 2 fully saturated rings. The second-order valence-corrected chi connectivity index (χ2v) is 10.1. The summed E-state index contributed by atoms with van der Waals surface area (Å²) < 4.78 is 10.9. The lowest BCUT2D eigenvalue weighted by Crippen LogP contribution is -2.49. The lowest BCUT2D eigenvalue weighted by molar-refractivity contribution is -0.122. The molecule has 0 unspecified atom stereocenters. The molecule has 0 aliphatic carbocycles. The van der Waals surface area contributed by atoms with Crippen LogP contribution in [0.25, 0.3) is 5.57 Å². The van der Waals surface area contributed by atoms with Gasteiger partial charge in [0.15, 0.2) is 17.3 Å². The van der Waals surface area contributed by atoms with Gasteiger partial charge in [-0.3, -0.25) is 14.4 Å². The number of halogens is 1. The minimum absolute atomic E-state index is 0.0874. The van der Waals surface area contributed by atoms with Crippen molar-refractivity contribution in [1.82, 2.24) is 0 Å². The van der Waals surface area contributed by atoms with Crippen LogP contribution in [0.15, 0.2) is 72.8 Å². The second kappa shape index (κ2) is 7.95. The van der Waals surface area contributed by atoms with Gasteiger partial charge in [-0.25, -0.2) is 4.90 Å². The second-order valence-electron chi connectivity index (χ2n) is 9.69. The van der Waals surface area contributed by atoms with Crippen LogP contribution in [0.4, 0.5) is 11.4 Å². The first-order valence-corrected chi connectivity index (χ1v) is 12.5. The molecular formula is C29H21ClN2O5. The highest BCUT2D eigenvalue weighted by atomic mass is 35.5. The summed E-state index contributed by atoms with van der Waals surface area (Å²) in [7, 11) is 0. The lowest BCUT2D eigenvalue weighted by atomic mass is 9.85. The van der Waals surface area contributed by atoms with E-state index in [1.165, 1.54) is 4.90 Å². The van der Waals surface area contributed by atoms with Crippen LogP contribution in [0.1, 0.15) is 22.8 Å². The number of anilines is 2. The van der Waals surface area contributed by atoms with Crippen molar-refractivity contribution in [3.63, 3.8) is 0 Å². The number of imide groups is 1. The molecule has 37 heavy (non-hydrogen) atoms. The van der Waals surface area contributed by atoms with E-state index in [0.717, 1.165) is 16.8 Å². The van der Waals surface area contributed by atoms with Gasteiger partial charge < -0.3 is 14.4 Å². The van der Waals surface area contributed by atoms with Crippen LogP contribution in [-0.2, 0) is 9.59 Å². The summed E-state index contributed by atoms with van der Waals surface area (Å²) in [4.78, 5) is 45.2. The molecule has 7 rings (SSSR count). The van der Waals surface area contributed by atoms with Crippen LogP contribution in [0, 0.1) is 11.8 Å². The molecule has 2 amide bonds. The molecule has 4 aliphatic rings. The molecule has 2 saturated heterocycles. The summed E-state index contributed by atoms with van der Waals surface area (Å²) in [5.74, 6) is -1.43. The van der Waals surface area contributed by atoms with E-state index in [-0.39, 0.29) is 24.4 Å². The molecule has 0 bridgehead atoms. The number of benzene rings is 3. The Labute approximate surface area is 217 Å². The number of carbonyl (C=O) groups excluding carboxylic acids is 3. The first kappa shape index (κ1) is 22.1. The molecule has 0 N–H and O–H groups in total. The molecule has 3 aromatic rings. The zero-order valence-corrected chi connectivity index (χ0v) is 20.5. The normalized spacial score (nSPS) is 25.1. The van der Waals surface area contributed by atoms with Crippen LogP contribution in [-0.4, -0.2) is 36.5 Å². The van der Waals surface area contributed by atoms with Gasteiger partial charge in [0.05, 0.1) is 23.6 Å². The number of fused-ring (bicyclic) bond motifs is 6. The molecule has 4 aliphatic heterocycles. The molecule has 8 heteroatoms. The minimum atomic E-state index is -0.850. The fraction of sp³-hybridized carbons (Fsp3) is 0.207. The number of rotatable bonds is 3. The predicted molar refractivity (Wildman–Crippen MR) is 138 cm³/mol. The monoisotopic (exact) mass is 512 g/mol.